The van der Waals surface area contributed by atoms with Crippen molar-refractivity contribution in [3.63, 3.8) is 0 Å². The van der Waals surface area contributed by atoms with E-state index in [9.17, 15) is 19.8 Å². The summed E-state index contributed by atoms with van der Waals surface area (Å²) in [5.41, 5.74) is 1.90. The van der Waals surface area contributed by atoms with Crippen LogP contribution in [0.2, 0.25) is 0 Å². The van der Waals surface area contributed by atoms with Crippen molar-refractivity contribution in [2.75, 3.05) is 6.61 Å². The molecule has 0 aliphatic rings. The van der Waals surface area contributed by atoms with Crippen molar-refractivity contribution in [3.8, 4) is 0 Å². The monoisotopic (exact) mass is 380 g/mol. The van der Waals surface area contributed by atoms with Crippen molar-refractivity contribution >= 4 is 11.9 Å². The Morgan fingerprint density at radius 3 is 1.81 bits per heavy atom. The summed E-state index contributed by atoms with van der Waals surface area (Å²) in [6.07, 6.45) is 10.8. The van der Waals surface area contributed by atoms with Gasteiger partial charge in [-0.2, -0.15) is 0 Å². The first-order valence-electron chi connectivity index (χ1n) is 10.1. The fourth-order valence-corrected chi connectivity index (χ4v) is 2.65. The van der Waals surface area contributed by atoms with E-state index in [0.29, 0.717) is 6.42 Å². The quantitative estimate of drug-likeness (QED) is 0.161. The number of unbranched alkanes of at least 4 members (excludes halogenated alkanes) is 2. The highest BCUT2D eigenvalue weighted by Gasteiger charge is 2.19. The molecule has 0 radical (unpaired) electrons. The summed E-state index contributed by atoms with van der Waals surface area (Å²) in [7, 11) is 0. The van der Waals surface area contributed by atoms with Crippen molar-refractivity contribution in [3.05, 3.63) is 34.6 Å². The normalized spacial score (nSPS) is 13.3. The summed E-state index contributed by atoms with van der Waals surface area (Å²) >= 11 is 0. The molecule has 2 N–H and O–H groups in total. The number of carboxylic acids is 2. The summed E-state index contributed by atoms with van der Waals surface area (Å²) in [4.78, 5) is 23.3. The van der Waals surface area contributed by atoms with Gasteiger partial charge in [-0.3, -0.25) is 0 Å². The Balaban J connectivity index is 5.30. The van der Waals surface area contributed by atoms with Crippen LogP contribution >= 0.6 is 0 Å². The number of rotatable bonds is 15. The molecule has 0 amide bonds. The largest absolute Gasteiger partial charge is 0.501 e. The number of hydrogen-bond donors (Lipinski definition) is 2. The third-order valence-corrected chi connectivity index (χ3v) is 4.49. The maximum Gasteiger partial charge on any atom is 0.336 e. The van der Waals surface area contributed by atoms with Crippen molar-refractivity contribution in [1.29, 1.82) is 0 Å². The number of carboxylic acid groups (broad SMARTS) is 2. The van der Waals surface area contributed by atoms with Crippen LogP contribution in [0.15, 0.2) is 34.6 Å². The minimum atomic E-state index is -1.21. The fraction of sp³-hybridized carbons (Fsp3) is 0.636. The zero-order valence-electron chi connectivity index (χ0n) is 17.3. The standard InChI is InChI=1S/C22H36O5/c1-5-9-11-17(7-3)15-20(22(25)26)19(21(23)24)13-14-27-16-18(8-4)12-10-6-2/h15-16H,5-14H2,1-4H3,(H,23,24)(H,25,26). The predicted molar refractivity (Wildman–Crippen MR) is 109 cm³/mol. The molecule has 0 unspecified atom stereocenters. The number of allylic oxidation sites excluding steroid dienone is 2. The Labute approximate surface area is 163 Å². The third kappa shape index (κ3) is 10.6. The highest BCUT2D eigenvalue weighted by atomic mass is 16.5. The Kier molecular flexibility index (Phi) is 13.9. The van der Waals surface area contributed by atoms with Crippen LogP contribution < -0.4 is 0 Å². The predicted octanol–water partition coefficient (Wildman–Crippen LogP) is 5.87. The third-order valence-electron chi connectivity index (χ3n) is 4.49. The highest BCUT2D eigenvalue weighted by Crippen LogP contribution is 2.19. The summed E-state index contributed by atoms with van der Waals surface area (Å²) in [5, 5.41) is 19.0. The maximum atomic E-state index is 11.7. The van der Waals surface area contributed by atoms with E-state index < -0.39 is 11.9 Å². The first kappa shape index (κ1) is 25.0. The molecule has 0 aromatic heterocycles. The molecular formula is C22H36O5. The van der Waals surface area contributed by atoms with Gasteiger partial charge in [0, 0.05) is 6.42 Å². The number of aliphatic carboxylic acids is 2. The number of carbonyl (C=O) groups is 2. The van der Waals surface area contributed by atoms with Crippen LogP contribution in [-0.2, 0) is 14.3 Å². The molecule has 5 heteroatoms. The van der Waals surface area contributed by atoms with Crippen molar-refractivity contribution in [2.45, 2.75) is 85.5 Å². The van der Waals surface area contributed by atoms with Gasteiger partial charge >= 0.3 is 11.9 Å². The molecule has 0 aromatic carbocycles. The smallest absolute Gasteiger partial charge is 0.336 e. The average Bonchev–Trinajstić information content (AvgIpc) is 2.64. The topological polar surface area (TPSA) is 83.8 Å². The molecule has 154 valence electrons. The fourth-order valence-electron chi connectivity index (χ4n) is 2.65. The Hall–Kier alpha value is -2.04. The molecule has 0 saturated heterocycles. The van der Waals surface area contributed by atoms with Gasteiger partial charge < -0.3 is 14.9 Å². The lowest BCUT2D eigenvalue weighted by Gasteiger charge is -2.10. The molecule has 0 rings (SSSR count). The van der Waals surface area contributed by atoms with Crippen molar-refractivity contribution in [2.24, 2.45) is 0 Å². The van der Waals surface area contributed by atoms with Gasteiger partial charge in [-0.05, 0) is 50.2 Å². The van der Waals surface area contributed by atoms with Gasteiger partial charge in [-0.15, -0.1) is 0 Å². The van der Waals surface area contributed by atoms with E-state index in [2.05, 4.69) is 20.8 Å². The van der Waals surface area contributed by atoms with E-state index in [0.717, 1.165) is 50.5 Å². The number of ether oxygens (including phenoxy) is 1. The van der Waals surface area contributed by atoms with Crippen LogP contribution in [0.3, 0.4) is 0 Å². The van der Waals surface area contributed by atoms with E-state index in [1.807, 2.05) is 6.92 Å². The van der Waals surface area contributed by atoms with E-state index in [-0.39, 0.29) is 24.2 Å². The summed E-state index contributed by atoms with van der Waals surface area (Å²) in [5.74, 6) is -2.41. The molecule has 0 fully saturated rings. The van der Waals surface area contributed by atoms with E-state index in [1.165, 1.54) is 11.6 Å². The van der Waals surface area contributed by atoms with Crippen LogP contribution in [0.4, 0.5) is 0 Å². The SMILES string of the molecule is CCCCC(=COCCC(C(=O)O)=C(C=C(CC)CCCC)C(=O)O)CC. The molecule has 0 bridgehead atoms. The molecule has 0 spiro atoms. The Bertz CT molecular complexity index is 555. The second-order valence-corrected chi connectivity index (χ2v) is 6.62. The van der Waals surface area contributed by atoms with E-state index in [1.54, 1.807) is 6.26 Å². The van der Waals surface area contributed by atoms with Gasteiger partial charge in [0.1, 0.15) is 0 Å². The van der Waals surface area contributed by atoms with Gasteiger partial charge in [0.25, 0.3) is 0 Å². The molecule has 0 aliphatic heterocycles. The van der Waals surface area contributed by atoms with Gasteiger partial charge in [0.15, 0.2) is 0 Å². The van der Waals surface area contributed by atoms with Crippen LogP contribution in [0.1, 0.15) is 85.5 Å². The van der Waals surface area contributed by atoms with Crippen LogP contribution in [-0.4, -0.2) is 28.8 Å². The van der Waals surface area contributed by atoms with Gasteiger partial charge in [0.2, 0.25) is 0 Å². The van der Waals surface area contributed by atoms with Crippen LogP contribution in [0.5, 0.6) is 0 Å². The maximum absolute atomic E-state index is 11.7. The first-order valence-corrected chi connectivity index (χ1v) is 10.1. The van der Waals surface area contributed by atoms with E-state index >= 15 is 0 Å². The summed E-state index contributed by atoms with van der Waals surface area (Å²) < 4.78 is 5.52. The molecule has 0 aromatic rings. The summed E-state index contributed by atoms with van der Waals surface area (Å²) in [6.45, 7) is 8.36. The van der Waals surface area contributed by atoms with Gasteiger partial charge in [0.05, 0.1) is 24.0 Å². The lowest BCUT2D eigenvalue weighted by atomic mass is 9.99. The Morgan fingerprint density at radius 2 is 1.37 bits per heavy atom. The zero-order chi connectivity index (χ0) is 20.7. The zero-order valence-corrected chi connectivity index (χ0v) is 17.3. The molecule has 0 atom stereocenters. The molecule has 0 saturated carbocycles. The molecule has 5 nitrogen and oxygen atoms in total. The number of hydrogen-bond acceptors (Lipinski definition) is 3. The molecule has 27 heavy (non-hydrogen) atoms. The van der Waals surface area contributed by atoms with Gasteiger partial charge in [-0.25, -0.2) is 9.59 Å². The highest BCUT2D eigenvalue weighted by molar-refractivity contribution is 6.01. The van der Waals surface area contributed by atoms with Crippen molar-refractivity contribution in [1.82, 2.24) is 0 Å². The molecule has 0 aliphatic carbocycles. The minimum absolute atomic E-state index is 0.0551. The van der Waals surface area contributed by atoms with Crippen LogP contribution in [0.25, 0.3) is 0 Å². The second kappa shape index (κ2) is 15.1. The second-order valence-electron chi connectivity index (χ2n) is 6.62. The lowest BCUT2D eigenvalue weighted by molar-refractivity contribution is -0.135. The summed E-state index contributed by atoms with van der Waals surface area (Å²) in [6, 6.07) is 0. The molecule has 0 heterocycles. The average molecular weight is 381 g/mol. The van der Waals surface area contributed by atoms with Gasteiger partial charge in [-0.1, -0.05) is 46.1 Å². The van der Waals surface area contributed by atoms with E-state index in [4.69, 9.17) is 4.74 Å². The Morgan fingerprint density at radius 1 is 0.815 bits per heavy atom. The molecular weight excluding hydrogens is 344 g/mol. The lowest BCUT2D eigenvalue weighted by Crippen LogP contribution is -2.12. The first-order chi connectivity index (χ1) is 12.9. The van der Waals surface area contributed by atoms with Crippen molar-refractivity contribution < 1.29 is 24.5 Å². The van der Waals surface area contributed by atoms with Crippen LogP contribution in [0, 0.1) is 0 Å². The minimum Gasteiger partial charge on any atom is -0.501 e.